The topological polar surface area (TPSA) is 34.7 Å². The molecule has 0 bridgehead atoms. The summed E-state index contributed by atoms with van der Waals surface area (Å²) < 4.78 is 10.7. The Labute approximate surface area is 101 Å². The molecule has 3 heteroatoms. The van der Waals surface area contributed by atoms with Crippen LogP contribution in [0.4, 0.5) is 0 Å². The van der Waals surface area contributed by atoms with Crippen molar-refractivity contribution in [2.75, 3.05) is 7.11 Å². The Bertz CT molecular complexity index is 514. The zero-order valence-electron chi connectivity index (χ0n) is 10.0. The molecule has 0 aliphatic rings. The first kappa shape index (κ1) is 11.5. The second-order valence-electron chi connectivity index (χ2n) is 3.73. The third-order valence-corrected chi connectivity index (χ3v) is 2.43. The summed E-state index contributed by atoms with van der Waals surface area (Å²) in [5.74, 6) is 2.53. The van der Waals surface area contributed by atoms with Gasteiger partial charge < -0.3 is 9.15 Å². The summed E-state index contributed by atoms with van der Waals surface area (Å²) in [6, 6.07) is 11.7. The van der Waals surface area contributed by atoms with Crippen LogP contribution in [0.3, 0.4) is 0 Å². The number of hydrogen-bond donors (Lipinski definition) is 0. The van der Waals surface area contributed by atoms with Gasteiger partial charge in [-0.15, -0.1) is 0 Å². The van der Waals surface area contributed by atoms with Gasteiger partial charge in [-0.25, -0.2) is 0 Å². The Morgan fingerprint density at radius 3 is 2.76 bits per heavy atom. The molecule has 1 aromatic carbocycles. The van der Waals surface area contributed by atoms with Gasteiger partial charge in [0.15, 0.2) is 0 Å². The van der Waals surface area contributed by atoms with E-state index in [1.54, 1.807) is 13.3 Å². The Kier molecular flexibility index (Phi) is 3.60. The van der Waals surface area contributed by atoms with Crippen molar-refractivity contribution in [3.63, 3.8) is 0 Å². The van der Waals surface area contributed by atoms with Gasteiger partial charge in [0.2, 0.25) is 0 Å². The van der Waals surface area contributed by atoms with E-state index in [2.05, 4.69) is 4.99 Å². The fourth-order valence-corrected chi connectivity index (χ4v) is 1.59. The average molecular weight is 229 g/mol. The molecule has 17 heavy (non-hydrogen) atoms. The van der Waals surface area contributed by atoms with Gasteiger partial charge in [-0.05, 0) is 25.1 Å². The van der Waals surface area contributed by atoms with Crippen molar-refractivity contribution in [2.24, 2.45) is 4.99 Å². The van der Waals surface area contributed by atoms with Gasteiger partial charge in [0.05, 0.1) is 19.9 Å². The summed E-state index contributed by atoms with van der Waals surface area (Å²) in [6.07, 6.45) is 1.74. The fraction of sp³-hybridized carbons (Fsp3) is 0.214. The number of benzene rings is 1. The number of methoxy groups -OCH3 is 1. The lowest BCUT2D eigenvalue weighted by Crippen LogP contribution is -1.90. The molecule has 0 spiro atoms. The van der Waals surface area contributed by atoms with Crippen molar-refractivity contribution < 1.29 is 9.15 Å². The summed E-state index contributed by atoms with van der Waals surface area (Å²) in [5.41, 5.74) is 1.06. The Morgan fingerprint density at radius 2 is 2.06 bits per heavy atom. The van der Waals surface area contributed by atoms with Crippen LogP contribution in [0.5, 0.6) is 5.75 Å². The summed E-state index contributed by atoms with van der Waals surface area (Å²) in [4.78, 5) is 4.34. The summed E-state index contributed by atoms with van der Waals surface area (Å²) in [5, 5.41) is 0. The molecule has 0 aliphatic carbocycles. The molecule has 88 valence electrons. The second kappa shape index (κ2) is 5.34. The molecule has 0 unspecified atom stereocenters. The summed E-state index contributed by atoms with van der Waals surface area (Å²) in [6.45, 7) is 2.50. The smallest absolute Gasteiger partial charge is 0.144 e. The van der Waals surface area contributed by atoms with Crippen LogP contribution in [0.1, 0.15) is 17.1 Å². The highest BCUT2D eigenvalue weighted by atomic mass is 16.5. The number of aliphatic imine (C=N–C) groups is 1. The van der Waals surface area contributed by atoms with E-state index >= 15 is 0 Å². The van der Waals surface area contributed by atoms with Crippen LogP contribution in [0, 0.1) is 6.92 Å². The molecule has 0 amide bonds. The minimum absolute atomic E-state index is 0.587. The van der Waals surface area contributed by atoms with E-state index in [-0.39, 0.29) is 0 Å². The van der Waals surface area contributed by atoms with Crippen molar-refractivity contribution >= 4 is 6.21 Å². The van der Waals surface area contributed by atoms with Gasteiger partial charge in [-0.2, -0.15) is 0 Å². The number of furan rings is 1. The molecule has 0 saturated heterocycles. The number of aryl methyl sites for hydroxylation is 1. The molecule has 2 aromatic rings. The van der Waals surface area contributed by atoms with Crippen LogP contribution >= 0.6 is 0 Å². The first-order chi connectivity index (χ1) is 8.29. The lowest BCUT2D eigenvalue weighted by molar-refractivity contribution is 0.410. The third-order valence-electron chi connectivity index (χ3n) is 2.43. The first-order valence-electron chi connectivity index (χ1n) is 5.48. The van der Waals surface area contributed by atoms with E-state index < -0.39 is 0 Å². The molecule has 0 atom stereocenters. The zero-order valence-corrected chi connectivity index (χ0v) is 10.0. The molecule has 0 radical (unpaired) electrons. The summed E-state index contributed by atoms with van der Waals surface area (Å²) in [7, 11) is 1.67. The molecule has 0 N–H and O–H groups in total. The van der Waals surface area contributed by atoms with E-state index in [0.717, 1.165) is 22.8 Å². The molecule has 3 nitrogen and oxygen atoms in total. The molecule has 0 fully saturated rings. The minimum atomic E-state index is 0.587. The maximum absolute atomic E-state index is 5.40. The van der Waals surface area contributed by atoms with Crippen LogP contribution in [0.25, 0.3) is 0 Å². The van der Waals surface area contributed by atoms with Crippen molar-refractivity contribution in [3.05, 3.63) is 53.5 Å². The molecule has 2 rings (SSSR count). The second-order valence-corrected chi connectivity index (χ2v) is 3.73. The van der Waals surface area contributed by atoms with E-state index in [1.165, 1.54) is 0 Å². The SMILES string of the molecule is COc1ccccc1C/N=C/c1ccc(C)o1. The van der Waals surface area contributed by atoms with Gasteiger partial charge in [0, 0.05) is 5.56 Å². The van der Waals surface area contributed by atoms with Crippen LogP contribution in [-0.4, -0.2) is 13.3 Å². The number of para-hydroxylation sites is 1. The lowest BCUT2D eigenvalue weighted by atomic mass is 10.2. The highest BCUT2D eigenvalue weighted by Gasteiger charge is 1.99. The summed E-state index contributed by atoms with van der Waals surface area (Å²) >= 11 is 0. The van der Waals surface area contributed by atoms with Gasteiger partial charge in [0.25, 0.3) is 0 Å². The molecular formula is C14H15NO2. The predicted octanol–water partition coefficient (Wildman–Crippen LogP) is 3.22. The van der Waals surface area contributed by atoms with Crippen LogP contribution in [-0.2, 0) is 6.54 Å². The monoisotopic (exact) mass is 229 g/mol. The highest BCUT2D eigenvalue weighted by molar-refractivity contribution is 5.75. The molecule has 1 aromatic heterocycles. The Morgan fingerprint density at radius 1 is 1.24 bits per heavy atom. The quantitative estimate of drug-likeness (QED) is 0.754. The van der Waals surface area contributed by atoms with E-state index in [1.807, 2.05) is 43.3 Å². The normalized spacial score (nSPS) is 10.9. The van der Waals surface area contributed by atoms with Gasteiger partial charge >= 0.3 is 0 Å². The molecule has 1 heterocycles. The van der Waals surface area contributed by atoms with Crippen LogP contribution in [0.15, 0.2) is 45.8 Å². The van der Waals surface area contributed by atoms with Gasteiger partial charge in [-0.3, -0.25) is 4.99 Å². The maximum Gasteiger partial charge on any atom is 0.144 e. The number of rotatable bonds is 4. The third kappa shape index (κ3) is 2.97. The van der Waals surface area contributed by atoms with Crippen molar-refractivity contribution in [1.82, 2.24) is 0 Å². The first-order valence-corrected chi connectivity index (χ1v) is 5.48. The molecule has 0 saturated carbocycles. The van der Waals surface area contributed by atoms with Gasteiger partial charge in [-0.1, -0.05) is 18.2 Å². The van der Waals surface area contributed by atoms with Crippen molar-refractivity contribution in [2.45, 2.75) is 13.5 Å². The predicted molar refractivity (Wildman–Crippen MR) is 67.7 cm³/mol. The van der Waals surface area contributed by atoms with Gasteiger partial charge in [0.1, 0.15) is 17.3 Å². The Balaban J connectivity index is 2.04. The highest BCUT2D eigenvalue weighted by Crippen LogP contribution is 2.17. The van der Waals surface area contributed by atoms with E-state index in [0.29, 0.717) is 6.54 Å². The number of nitrogens with zero attached hydrogens (tertiary/aromatic N) is 1. The number of hydrogen-bond acceptors (Lipinski definition) is 3. The maximum atomic E-state index is 5.40. The number of ether oxygens (including phenoxy) is 1. The van der Waals surface area contributed by atoms with Crippen LogP contribution < -0.4 is 4.74 Å². The van der Waals surface area contributed by atoms with E-state index in [4.69, 9.17) is 9.15 Å². The van der Waals surface area contributed by atoms with Crippen LogP contribution in [0.2, 0.25) is 0 Å². The van der Waals surface area contributed by atoms with Crippen molar-refractivity contribution in [3.8, 4) is 5.75 Å². The zero-order chi connectivity index (χ0) is 12.1. The molecule has 0 aliphatic heterocycles. The lowest BCUT2D eigenvalue weighted by Gasteiger charge is -2.04. The average Bonchev–Trinajstić information content (AvgIpc) is 2.76. The standard InChI is InChI=1S/C14H15NO2/c1-11-7-8-13(17-11)10-15-9-12-5-3-4-6-14(12)16-2/h3-8,10H,9H2,1-2H3/b15-10+. The minimum Gasteiger partial charge on any atom is -0.496 e. The Hall–Kier alpha value is -2.03. The largest absolute Gasteiger partial charge is 0.496 e. The fourth-order valence-electron chi connectivity index (χ4n) is 1.59. The van der Waals surface area contributed by atoms with Crippen molar-refractivity contribution in [1.29, 1.82) is 0 Å². The van der Waals surface area contributed by atoms with E-state index in [9.17, 15) is 0 Å². The molecular weight excluding hydrogens is 214 g/mol.